The van der Waals surface area contributed by atoms with Gasteiger partial charge in [-0.1, -0.05) is 127 Å². The van der Waals surface area contributed by atoms with E-state index in [4.69, 9.17) is 0 Å². The van der Waals surface area contributed by atoms with E-state index in [-0.39, 0.29) is 0 Å². The lowest BCUT2D eigenvalue weighted by molar-refractivity contribution is 1.62. The van der Waals surface area contributed by atoms with Crippen LogP contribution in [0.3, 0.4) is 0 Å². The SMILES string of the molecule is c1ccc(-c2ccccc2-c2sc(-c3cc4c(cc3-c3ccccc3)sc3ccccc34)c3ccccc23)cc1. The summed E-state index contributed by atoms with van der Waals surface area (Å²) >= 11 is 3.80. The van der Waals surface area contributed by atoms with Crippen LogP contribution < -0.4 is 0 Å². The van der Waals surface area contributed by atoms with Crippen LogP contribution in [-0.2, 0) is 0 Å². The van der Waals surface area contributed by atoms with Crippen molar-refractivity contribution < 1.29 is 0 Å². The normalized spacial score (nSPS) is 11.5. The fourth-order valence-electron chi connectivity index (χ4n) is 5.86. The molecule has 0 saturated heterocycles. The topological polar surface area (TPSA) is 0 Å². The monoisotopic (exact) mass is 544 g/mol. The van der Waals surface area contributed by atoms with E-state index < -0.39 is 0 Å². The van der Waals surface area contributed by atoms with Gasteiger partial charge < -0.3 is 0 Å². The van der Waals surface area contributed by atoms with Crippen LogP contribution >= 0.6 is 22.7 Å². The number of fused-ring (bicyclic) bond motifs is 4. The van der Waals surface area contributed by atoms with E-state index in [0.717, 1.165) is 0 Å². The molecule has 8 aromatic rings. The lowest BCUT2D eigenvalue weighted by atomic mass is 9.94. The molecule has 0 bridgehead atoms. The molecule has 0 unspecified atom stereocenters. The highest BCUT2D eigenvalue weighted by molar-refractivity contribution is 7.26. The Bertz CT molecular complexity index is 2150. The maximum absolute atomic E-state index is 2.45. The third kappa shape index (κ3) is 3.80. The lowest BCUT2D eigenvalue weighted by Crippen LogP contribution is -1.84. The van der Waals surface area contributed by atoms with Gasteiger partial charge in [-0.25, -0.2) is 0 Å². The van der Waals surface area contributed by atoms with Crippen molar-refractivity contribution in [1.29, 1.82) is 0 Å². The minimum Gasteiger partial charge on any atom is -0.135 e. The highest BCUT2D eigenvalue weighted by Crippen LogP contribution is 2.50. The van der Waals surface area contributed by atoms with Gasteiger partial charge in [0, 0.05) is 51.8 Å². The second kappa shape index (κ2) is 9.60. The summed E-state index contributed by atoms with van der Waals surface area (Å²) < 4.78 is 2.67. The van der Waals surface area contributed by atoms with Crippen LogP contribution in [0.5, 0.6) is 0 Å². The summed E-state index contributed by atoms with van der Waals surface area (Å²) in [5, 5.41) is 5.28. The summed E-state index contributed by atoms with van der Waals surface area (Å²) in [6, 6.07) is 53.0. The van der Waals surface area contributed by atoms with Gasteiger partial charge in [0.05, 0.1) is 0 Å². The van der Waals surface area contributed by atoms with Crippen molar-refractivity contribution in [2.75, 3.05) is 0 Å². The third-order valence-corrected chi connectivity index (χ3v) is 10.1. The van der Waals surface area contributed by atoms with Crippen molar-refractivity contribution in [3.05, 3.63) is 146 Å². The molecule has 0 N–H and O–H groups in total. The number of hydrogen-bond donors (Lipinski definition) is 0. The zero-order chi connectivity index (χ0) is 26.5. The molecule has 8 rings (SSSR count). The van der Waals surface area contributed by atoms with Gasteiger partial charge in [-0.2, -0.15) is 0 Å². The molecule has 0 aliphatic carbocycles. The Hall–Kier alpha value is -4.50. The summed E-state index contributed by atoms with van der Waals surface area (Å²) in [6.07, 6.45) is 0. The van der Waals surface area contributed by atoms with Crippen molar-refractivity contribution >= 4 is 53.6 Å². The molecule has 2 heteroatoms. The van der Waals surface area contributed by atoms with E-state index in [1.165, 1.54) is 74.1 Å². The maximum atomic E-state index is 2.45. The van der Waals surface area contributed by atoms with Crippen LogP contribution in [0.4, 0.5) is 0 Å². The van der Waals surface area contributed by atoms with Gasteiger partial charge in [-0.05, 0) is 40.5 Å². The molecule has 0 amide bonds. The second-order valence-electron chi connectivity index (χ2n) is 10.1. The quantitative estimate of drug-likeness (QED) is 0.207. The van der Waals surface area contributed by atoms with Crippen molar-refractivity contribution in [1.82, 2.24) is 0 Å². The molecule has 2 aromatic heterocycles. The van der Waals surface area contributed by atoms with Crippen molar-refractivity contribution in [2.24, 2.45) is 0 Å². The number of hydrogen-bond acceptors (Lipinski definition) is 2. The first kappa shape index (κ1) is 23.4. The molecule has 0 aliphatic heterocycles. The fourth-order valence-corrected chi connectivity index (χ4v) is 8.33. The van der Waals surface area contributed by atoms with Crippen molar-refractivity contribution in [2.45, 2.75) is 0 Å². The second-order valence-corrected chi connectivity index (χ2v) is 12.2. The van der Waals surface area contributed by atoms with Crippen LogP contribution in [-0.4, -0.2) is 0 Å². The molecule has 0 radical (unpaired) electrons. The van der Waals surface area contributed by atoms with E-state index in [1.807, 2.05) is 22.7 Å². The Morgan fingerprint density at radius 2 is 0.825 bits per heavy atom. The van der Waals surface area contributed by atoms with Crippen LogP contribution in [0.2, 0.25) is 0 Å². The average molecular weight is 545 g/mol. The maximum Gasteiger partial charge on any atom is 0.0434 e. The van der Waals surface area contributed by atoms with Crippen LogP contribution in [0, 0.1) is 0 Å². The smallest absolute Gasteiger partial charge is 0.0434 e. The standard InChI is InChI=1S/C38H24S2/c1-3-13-25(14-4-1)27-17-7-8-19-29(27)37-30-20-9-10-21-31(30)38(40-37)34-23-33-28-18-11-12-22-35(28)39-36(33)24-32(34)26-15-5-2-6-16-26/h1-24H. The minimum atomic E-state index is 1.24. The predicted molar refractivity (Wildman–Crippen MR) is 176 cm³/mol. The van der Waals surface area contributed by atoms with Gasteiger partial charge in [-0.3, -0.25) is 0 Å². The van der Waals surface area contributed by atoms with Gasteiger partial charge in [-0.15, -0.1) is 22.7 Å². The van der Waals surface area contributed by atoms with Gasteiger partial charge in [0.15, 0.2) is 0 Å². The highest BCUT2D eigenvalue weighted by Gasteiger charge is 2.20. The lowest BCUT2D eigenvalue weighted by Gasteiger charge is -2.11. The summed E-state index contributed by atoms with van der Waals surface area (Å²) in [7, 11) is 0. The van der Waals surface area contributed by atoms with E-state index in [1.54, 1.807) is 0 Å². The molecule has 0 spiro atoms. The Morgan fingerprint density at radius 3 is 1.52 bits per heavy atom. The highest BCUT2D eigenvalue weighted by atomic mass is 32.1. The summed E-state index contributed by atoms with van der Waals surface area (Å²) in [5.41, 5.74) is 7.63. The predicted octanol–water partition coefficient (Wildman–Crippen LogP) is 11.9. The largest absolute Gasteiger partial charge is 0.135 e. The van der Waals surface area contributed by atoms with E-state index >= 15 is 0 Å². The van der Waals surface area contributed by atoms with Crippen LogP contribution in [0.15, 0.2) is 146 Å². The van der Waals surface area contributed by atoms with Crippen molar-refractivity contribution in [3.63, 3.8) is 0 Å². The van der Waals surface area contributed by atoms with Gasteiger partial charge >= 0.3 is 0 Å². The molecule has 0 atom stereocenters. The zero-order valence-electron chi connectivity index (χ0n) is 21.7. The van der Waals surface area contributed by atoms with E-state index in [9.17, 15) is 0 Å². The molecule has 188 valence electrons. The average Bonchev–Trinajstić information content (AvgIpc) is 3.59. The Balaban J connectivity index is 1.45. The fraction of sp³-hybridized carbons (Fsp3) is 0. The Labute approximate surface area is 241 Å². The van der Waals surface area contributed by atoms with E-state index in [0.29, 0.717) is 0 Å². The molecule has 0 saturated carbocycles. The Morgan fingerprint density at radius 1 is 0.300 bits per heavy atom. The molecule has 0 aliphatic rings. The van der Waals surface area contributed by atoms with Crippen LogP contribution in [0.1, 0.15) is 0 Å². The number of rotatable bonds is 4. The minimum absolute atomic E-state index is 1.24. The number of thiophene rings is 2. The molecule has 2 heterocycles. The molecular weight excluding hydrogens is 521 g/mol. The summed E-state index contributed by atoms with van der Waals surface area (Å²) in [4.78, 5) is 2.64. The zero-order valence-corrected chi connectivity index (χ0v) is 23.3. The number of benzene rings is 6. The molecule has 0 nitrogen and oxygen atoms in total. The summed E-state index contributed by atoms with van der Waals surface area (Å²) in [6.45, 7) is 0. The molecule has 40 heavy (non-hydrogen) atoms. The van der Waals surface area contributed by atoms with Gasteiger partial charge in [0.2, 0.25) is 0 Å². The molecule has 0 fully saturated rings. The first-order chi connectivity index (χ1) is 19.8. The Kier molecular flexibility index (Phi) is 5.62. The van der Waals surface area contributed by atoms with Crippen LogP contribution in [0.25, 0.3) is 74.1 Å². The molecule has 6 aromatic carbocycles. The van der Waals surface area contributed by atoms with Gasteiger partial charge in [0.25, 0.3) is 0 Å². The first-order valence-corrected chi connectivity index (χ1v) is 15.2. The van der Waals surface area contributed by atoms with Gasteiger partial charge in [0.1, 0.15) is 0 Å². The third-order valence-electron chi connectivity index (χ3n) is 7.72. The first-order valence-electron chi connectivity index (χ1n) is 13.5. The summed E-state index contributed by atoms with van der Waals surface area (Å²) in [5.74, 6) is 0. The molecular formula is C38H24S2. The van der Waals surface area contributed by atoms with Crippen molar-refractivity contribution in [3.8, 4) is 43.1 Å². The van der Waals surface area contributed by atoms with E-state index in [2.05, 4.69) is 146 Å².